The molecule has 2 aromatic rings. The molecular formula is C28H44N2O. The van der Waals surface area contributed by atoms with Crippen LogP contribution in [0.15, 0.2) is 48.5 Å². The third kappa shape index (κ3) is 13.1. The summed E-state index contributed by atoms with van der Waals surface area (Å²) in [6.45, 7) is 1.88. The summed E-state index contributed by atoms with van der Waals surface area (Å²) in [6.07, 6.45) is 17.9. The Morgan fingerprint density at radius 2 is 0.742 bits per heavy atom. The van der Waals surface area contributed by atoms with Crippen molar-refractivity contribution in [1.82, 2.24) is 0 Å². The molecule has 3 heteroatoms. The van der Waals surface area contributed by atoms with Gasteiger partial charge in [0.25, 0.3) is 0 Å². The molecule has 0 fully saturated rings. The van der Waals surface area contributed by atoms with Crippen LogP contribution in [-0.4, -0.2) is 13.2 Å². The van der Waals surface area contributed by atoms with Gasteiger partial charge in [-0.2, -0.15) is 0 Å². The number of aryl methyl sites for hydroxylation is 2. The van der Waals surface area contributed by atoms with E-state index in [1.54, 1.807) is 0 Å². The first kappa shape index (κ1) is 25.3. The van der Waals surface area contributed by atoms with Crippen molar-refractivity contribution in [2.24, 2.45) is 0 Å². The van der Waals surface area contributed by atoms with Gasteiger partial charge in [-0.1, -0.05) is 75.6 Å². The summed E-state index contributed by atoms with van der Waals surface area (Å²) in [6, 6.07) is 16.6. The van der Waals surface area contributed by atoms with Crippen molar-refractivity contribution in [2.75, 3.05) is 24.7 Å². The number of unbranched alkanes of at least 4 members (excludes halogenated alkanes) is 10. The Balaban J connectivity index is 1.26. The standard InChI is InChI=1S/C28H44N2O/c29-27-19-15-25(16-20-27)13-9-5-1-3-7-11-23-31-24-12-8-4-2-6-10-14-26-17-21-28(30)22-18-26/h15-22H,1-14,23-24,29-30H2. The summed E-state index contributed by atoms with van der Waals surface area (Å²) in [4.78, 5) is 0. The van der Waals surface area contributed by atoms with E-state index >= 15 is 0 Å². The molecule has 0 aliphatic carbocycles. The smallest absolute Gasteiger partial charge is 0.0466 e. The number of hydrogen-bond acceptors (Lipinski definition) is 3. The van der Waals surface area contributed by atoms with E-state index < -0.39 is 0 Å². The lowest BCUT2D eigenvalue weighted by atomic mass is 10.0. The van der Waals surface area contributed by atoms with Crippen LogP contribution in [-0.2, 0) is 17.6 Å². The number of nitrogen functional groups attached to an aromatic ring is 2. The van der Waals surface area contributed by atoms with Crippen molar-refractivity contribution in [1.29, 1.82) is 0 Å². The second kappa shape index (κ2) is 16.7. The number of ether oxygens (including phenoxy) is 1. The van der Waals surface area contributed by atoms with E-state index in [1.165, 1.54) is 101 Å². The molecule has 0 atom stereocenters. The highest BCUT2D eigenvalue weighted by Crippen LogP contribution is 2.13. The third-order valence-corrected chi connectivity index (χ3v) is 5.97. The molecule has 0 radical (unpaired) electrons. The van der Waals surface area contributed by atoms with Gasteiger partial charge >= 0.3 is 0 Å². The summed E-state index contributed by atoms with van der Waals surface area (Å²) in [7, 11) is 0. The van der Waals surface area contributed by atoms with Gasteiger partial charge in [0.15, 0.2) is 0 Å². The van der Waals surface area contributed by atoms with Gasteiger partial charge in [0.2, 0.25) is 0 Å². The van der Waals surface area contributed by atoms with Crippen LogP contribution in [0.25, 0.3) is 0 Å². The van der Waals surface area contributed by atoms with Crippen LogP contribution in [0.2, 0.25) is 0 Å². The Morgan fingerprint density at radius 1 is 0.419 bits per heavy atom. The quantitative estimate of drug-likeness (QED) is 0.194. The fourth-order valence-electron chi connectivity index (χ4n) is 3.95. The molecule has 0 saturated heterocycles. The predicted molar refractivity (Wildman–Crippen MR) is 135 cm³/mol. The minimum absolute atomic E-state index is 0.854. The van der Waals surface area contributed by atoms with Crippen molar-refractivity contribution >= 4 is 11.4 Å². The molecule has 172 valence electrons. The molecular weight excluding hydrogens is 380 g/mol. The zero-order valence-electron chi connectivity index (χ0n) is 19.5. The zero-order chi connectivity index (χ0) is 22.0. The molecule has 2 rings (SSSR count). The number of hydrogen-bond donors (Lipinski definition) is 2. The Kier molecular flexibility index (Phi) is 13.6. The molecule has 3 nitrogen and oxygen atoms in total. The average molecular weight is 425 g/mol. The Labute approximate surface area is 190 Å². The Morgan fingerprint density at radius 3 is 1.13 bits per heavy atom. The van der Waals surface area contributed by atoms with Gasteiger partial charge in [0.05, 0.1) is 0 Å². The summed E-state index contributed by atoms with van der Waals surface area (Å²) in [5.41, 5.74) is 16.0. The first-order valence-corrected chi connectivity index (χ1v) is 12.5. The van der Waals surface area contributed by atoms with Crippen LogP contribution in [0.5, 0.6) is 0 Å². The van der Waals surface area contributed by atoms with Gasteiger partial charge in [-0.05, 0) is 73.9 Å². The maximum atomic E-state index is 5.80. The summed E-state index contributed by atoms with van der Waals surface area (Å²) in [5, 5.41) is 0. The second-order valence-electron chi connectivity index (χ2n) is 8.84. The normalized spacial score (nSPS) is 11.1. The highest BCUT2D eigenvalue weighted by atomic mass is 16.5. The summed E-state index contributed by atoms with van der Waals surface area (Å²) in [5.74, 6) is 0. The molecule has 0 bridgehead atoms. The molecule has 0 spiro atoms. The minimum Gasteiger partial charge on any atom is -0.399 e. The number of benzene rings is 2. The van der Waals surface area contributed by atoms with Gasteiger partial charge in [0.1, 0.15) is 0 Å². The Bertz CT molecular complexity index is 607. The number of nitrogens with two attached hydrogens (primary N) is 2. The van der Waals surface area contributed by atoms with Crippen molar-refractivity contribution in [3.8, 4) is 0 Å². The van der Waals surface area contributed by atoms with Crippen molar-refractivity contribution < 1.29 is 4.74 Å². The van der Waals surface area contributed by atoms with Gasteiger partial charge in [0, 0.05) is 24.6 Å². The summed E-state index contributed by atoms with van der Waals surface area (Å²) < 4.78 is 5.80. The summed E-state index contributed by atoms with van der Waals surface area (Å²) >= 11 is 0. The van der Waals surface area contributed by atoms with E-state index in [9.17, 15) is 0 Å². The van der Waals surface area contributed by atoms with Crippen LogP contribution in [0, 0.1) is 0 Å². The SMILES string of the molecule is Nc1ccc(CCCCCCCCOCCCCCCCCc2ccc(N)cc2)cc1. The zero-order valence-corrected chi connectivity index (χ0v) is 19.5. The molecule has 4 N–H and O–H groups in total. The highest BCUT2D eigenvalue weighted by molar-refractivity contribution is 5.39. The van der Waals surface area contributed by atoms with Crippen molar-refractivity contribution in [3.05, 3.63) is 59.7 Å². The lowest BCUT2D eigenvalue weighted by molar-refractivity contribution is 0.125. The topological polar surface area (TPSA) is 61.3 Å². The lowest BCUT2D eigenvalue weighted by Gasteiger charge is -2.06. The molecule has 0 heterocycles. The maximum absolute atomic E-state index is 5.80. The van der Waals surface area contributed by atoms with E-state index in [0.29, 0.717) is 0 Å². The largest absolute Gasteiger partial charge is 0.399 e. The molecule has 2 aromatic carbocycles. The minimum atomic E-state index is 0.854. The van der Waals surface area contributed by atoms with Gasteiger partial charge in [-0.15, -0.1) is 0 Å². The van der Waals surface area contributed by atoms with E-state index in [0.717, 1.165) is 24.6 Å². The van der Waals surface area contributed by atoms with E-state index in [4.69, 9.17) is 16.2 Å². The molecule has 0 aromatic heterocycles. The van der Waals surface area contributed by atoms with Crippen LogP contribution in [0.3, 0.4) is 0 Å². The Hall–Kier alpha value is -2.00. The van der Waals surface area contributed by atoms with Crippen LogP contribution in [0.1, 0.15) is 88.2 Å². The fraction of sp³-hybridized carbons (Fsp3) is 0.571. The highest BCUT2D eigenvalue weighted by Gasteiger charge is 1.97. The van der Waals surface area contributed by atoms with Gasteiger partial charge in [-0.3, -0.25) is 0 Å². The third-order valence-electron chi connectivity index (χ3n) is 5.97. The maximum Gasteiger partial charge on any atom is 0.0466 e. The molecule has 0 unspecified atom stereocenters. The van der Waals surface area contributed by atoms with E-state index in [1.807, 2.05) is 24.3 Å². The number of rotatable bonds is 18. The average Bonchev–Trinajstić information content (AvgIpc) is 2.78. The van der Waals surface area contributed by atoms with E-state index in [-0.39, 0.29) is 0 Å². The lowest BCUT2D eigenvalue weighted by Crippen LogP contribution is -1.97. The van der Waals surface area contributed by atoms with Crippen LogP contribution >= 0.6 is 0 Å². The number of anilines is 2. The molecule has 0 aliphatic rings. The van der Waals surface area contributed by atoms with Crippen LogP contribution < -0.4 is 11.5 Å². The van der Waals surface area contributed by atoms with Crippen LogP contribution in [0.4, 0.5) is 11.4 Å². The van der Waals surface area contributed by atoms with Crippen molar-refractivity contribution in [2.45, 2.75) is 89.9 Å². The molecule has 31 heavy (non-hydrogen) atoms. The first-order valence-electron chi connectivity index (χ1n) is 12.5. The predicted octanol–water partition coefficient (Wildman–Crippen LogP) is 7.33. The van der Waals surface area contributed by atoms with Gasteiger partial charge < -0.3 is 16.2 Å². The van der Waals surface area contributed by atoms with Gasteiger partial charge in [-0.25, -0.2) is 0 Å². The fourth-order valence-corrected chi connectivity index (χ4v) is 3.95. The van der Waals surface area contributed by atoms with E-state index in [2.05, 4.69) is 24.3 Å². The second-order valence-corrected chi connectivity index (χ2v) is 8.84. The molecule has 0 amide bonds. The first-order chi connectivity index (χ1) is 15.2. The monoisotopic (exact) mass is 424 g/mol. The molecule has 0 aliphatic heterocycles. The molecule has 0 saturated carbocycles. The van der Waals surface area contributed by atoms with Crippen molar-refractivity contribution in [3.63, 3.8) is 0 Å².